The Bertz CT molecular complexity index is 1010. The van der Waals surface area contributed by atoms with Gasteiger partial charge in [0.2, 0.25) is 5.91 Å². The third-order valence-electron chi connectivity index (χ3n) is 8.30. The van der Waals surface area contributed by atoms with Crippen molar-refractivity contribution in [2.45, 2.75) is 167 Å². The zero-order valence-corrected chi connectivity index (χ0v) is 32.1. The lowest BCUT2D eigenvalue weighted by molar-refractivity contribution is -0.123. The monoisotopic (exact) mass is 690 g/mol. The Morgan fingerprint density at radius 1 is 0.500 bits per heavy atom. The average Bonchev–Trinajstić information content (AvgIpc) is 3.12. The van der Waals surface area contributed by atoms with Crippen molar-refractivity contribution in [2.24, 2.45) is 0 Å². The van der Waals surface area contributed by atoms with Crippen LogP contribution < -0.4 is 5.32 Å². The molecule has 0 bridgehead atoms. The fourth-order valence-corrected chi connectivity index (χ4v) is 5.23. The Balaban J connectivity index is 3.71. The molecule has 1 amide bonds. The zero-order chi connectivity index (χ0) is 36.4. The quantitative estimate of drug-likeness (QED) is 0.0465. The van der Waals surface area contributed by atoms with Crippen molar-refractivity contribution >= 4 is 5.91 Å². The molecule has 2 atom stereocenters. The molecule has 4 nitrogen and oxygen atoms in total. The fourth-order valence-electron chi connectivity index (χ4n) is 5.23. The van der Waals surface area contributed by atoms with Gasteiger partial charge in [-0.15, -0.1) is 0 Å². The molecule has 0 rings (SSSR count). The molecular formula is C46H75NO3. The number of nitrogens with one attached hydrogen (secondary N) is 1. The molecule has 0 aromatic carbocycles. The number of hydrogen-bond donors (Lipinski definition) is 3. The molecule has 0 spiro atoms. The van der Waals surface area contributed by atoms with Crippen molar-refractivity contribution in [2.75, 3.05) is 6.61 Å². The summed E-state index contributed by atoms with van der Waals surface area (Å²) in [6.45, 7) is 4.16. The summed E-state index contributed by atoms with van der Waals surface area (Å²) in [6, 6.07) is -0.559. The van der Waals surface area contributed by atoms with Gasteiger partial charge in [-0.25, -0.2) is 0 Å². The maximum atomic E-state index is 12.3. The van der Waals surface area contributed by atoms with E-state index >= 15 is 0 Å². The second-order valence-corrected chi connectivity index (χ2v) is 13.0. The van der Waals surface area contributed by atoms with E-state index in [0.29, 0.717) is 12.8 Å². The number of rotatable bonds is 34. The summed E-state index contributed by atoms with van der Waals surface area (Å²) in [4.78, 5) is 12.3. The average molecular weight is 690 g/mol. The molecule has 0 aromatic rings. The van der Waals surface area contributed by atoms with Crippen molar-refractivity contribution in [3.8, 4) is 0 Å². The highest BCUT2D eigenvalue weighted by Gasteiger charge is 2.19. The van der Waals surface area contributed by atoms with Gasteiger partial charge in [0.05, 0.1) is 18.8 Å². The molecule has 3 N–H and O–H groups in total. The molecule has 0 saturated heterocycles. The van der Waals surface area contributed by atoms with Crippen molar-refractivity contribution in [1.29, 1.82) is 0 Å². The minimum absolute atomic E-state index is 0.0743. The largest absolute Gasteiger partial charge is 0.394 e. The van der Waals surface area contributed by atoms with Crippen LogP contribution in [-0.2, 0) is 4.79 Å². The summed E-state index contributed by atoms with van der Waals surface area (Å²) in [5.41, 5.74) is 0. The van der Waals surface area contributed by atoms with Gasteiger partial charge in [-0.1, -0.05) is 175 Å². The van der Waals surface area contributed by atoms with Crippen LogP contribution in [0.2, 0.25) is 0 Å². The second-order valence-electron chi connectivity index (χ2n) is 13.0. The molecule has 0 radical (unpaired) electrons. The van der Waals surface area contributed by atoms with Gasteiger partial charge in [-0.3, -0.25) is 4.79 Å². The Labute approximate surface area is 308 Å². The van der Waals surface area contributed by atoms with Gasteiger partial charge in [0.1, 0.15) is 0 Å². The summed E-state index contributed by atoms with van der Waals surface area (Å²) < 4.78 is 0. The van der Waals surface area contributed by atoms with Crippen molar-refractivity contribution < 1.29 is 15.0 Å². The molecule has 4 heteroatoms. The van der Waals surface area contributed by atoms with Gasteiger partial charge in [0, 0.05) is 6.42 Å². The molecule has 0 aromatic heterocycles. The molecule has 282 valence electrons. The molecule has 0 aliphatic rings. The number of carbonyl (C=O) groups excluding carboxylic acids is 1. The van der Waals surface area contributed by atoms with E-state index in [1.165, 1.54) is 32.1 Å². The van der Waals surface area contributed by atoms with Crippen molar-refractivity contribution in [3.63, 3.8) is 0 Å². The Hall–Kier alpha value is -2.95. The van der Waals surface area contributed by atoms with Crippen LogP contribution in [0.15, 0.2) is 109 Å². The van der Waals surface area contributed by atoms with E-state index in [0.717, 1.165) is 96.3 Å². The van der Waals surface area contributed by atoms with Crippen LogP contribution in [0.5, 0.6) is 0 Å². The summed E-state index contributed by atoms with van der Waals surface area (Å²) in [6.07, 6.45) is 61.7. The van der Waals surface area contributed by atoms with E-state index < -0.39 is 12.1 Å². The maximum Gasteiger partial charge on any atom is 0.220 e. The molecule has 0 heterocycles. The minimum atomic E-state index is -0.678. The lowest BCUT2D eigenvalue weighted by atomic mass is 10.0. The van der Waals surface area contributed by atoms with Crippen molar-refractivity contribution in [3.05, 3.63) is 109 Å². The van der Waals surface area contributed by atoms with Crippen LogP contribution in [0.1, 0.15) is 155 Å². The van der Waals surface area contributed by atoms with Gasteiger partial charge < -0.3 is 15.5 Å². The summed E-state index contributed by atoms with van der Waals surface area (Å²) in [5, 5.41) is 22.9. The predicted molar refractivity (Wildman–Crippen MR) is 220 cm³/mol. The summed E-state index contributed by atoms with van der Waals surface area (Å²) in [5.74, 6) is -0.0743. The van der Waals surface area contributed by atoms with E-state index in [-0.39, 0.29) is 12.5 Å². The van der Waals surface area contributed by atoms with E-state index in [1.54, 1.807) is 0 Å². The topological polar surface area (TPSA) is 69.6 Å². The number of unbranched alkanes of at least 4 members (excludes halogenated alkanes) is 9. The third-order valence-corrected chi connectivity index (χ3v) is 8.30. The van der Waals surface area contributed by atoms with Crippen LogP contribution in [0.25, 0.3) is 0 Å². The van der Waals surface area contributed by atoms with E-state index in [2.05, 4.69) is 129 Å². The first kappa shape index (κ1) is 47.0. The molecule has 0 saturated carbocycles. The van der Waals surface area contributed by atoms with Crippen LogP contribution in [0.3, 0.4) is 0 Å². The van der Waals surface area contributed by atoms with E-state index in [4.69, 9.17) is 0 Å². The smallest absolute Gasteiger partial charge is 0.220 e. The number of aliphatic hydroxyl groups is 2. The highest BCUT2D eigenvalue weighted by atomic mass is 16.3. The second kappa shape index (κ2) is 40.5. The highest BCUT2D eigenvalue weighted by molar-refractivity contribution is 5.76. The van der Waals surface area contributed by atoms with Crippen molar-refractivity contribution in [1.82, 2.24) is 5.32 Å². The van der Waals surface area contributed by atoms with Gasteiger partial charge >= 0.3 is 0 Å². The number of carbonyl (C=O) groups is 1. The summed E-state index contributed by atoms with van der Waals surface area (Å²) in [7, 11) is 0. The number of hydrogen-bond acceptors (Lipinski definition) is 3. The lowest BCUT2D eigenvalue weighted by Gasteiger charge is -2.22. The molecule has 0 aliphatic heterocycles. The van der Waals surface area contributed by atoms with Crippen LogP contribution in [0, 0.1) is 0 Å². The molecule has 0 fully saturated rings. The van der Waals surface area contributed by atoms with Crippen LogP contribution in [0.4, 0.5) is 0 Å². The minimum Gasteiger partial charge on any atom is -0.394 e. The SMILES string of the molecule is CC/C=C\C/C=C\C/C=C\C/C=C\C/C=C\C/C=C\C/C=C\C/C=C\C/C=C\CCCCCC(=O)NC(CO)C(O)CCCCCCCCC. The Morgan fingerprint density at radius 3 is 1.30 bits per heavy atom. The highest BCUT2D eigenvalue weighted by Crippen LogP contribution is 2.12. The molecule has 0 aliphatic carbocycles. The van der Waals surface area contributed by atoms with Gasteiger partial charge in [-0.2, -0.15) is 0 Å². The van der Waals surface area contributed by atoms with Crippen LogP contribution in [-0.4, -0.2) is 34.9 Å². The van der Waals surface area contributed by atoms with E-state index in [1.807, 2.05) is 0 Å². The normalized spacial score (nSPS) is 14.2. The first-order valence-corrected chi connectivity index (χ1v) is 20.1. The molecule has 50 heavy (non-hydrogen) atoms. The number of aliphatic hydroxyl groups excluding tert-OH is 2. The van der Waals surface area contributed by atoms with Gasteiger partial charge in [0.15, 0.2) is 0 Å². The third kappa shape index (κ3) is 36.3. The molecule has 2 unspecified atom stereocenters. The van der Waals surface area contributed by atoms with E-state index in [9.17, 15) is 15.0 Å². The zero-order valence-electron chi connectivity index (χ0n) is 32.1. The van der Waals surface area contributed by atoms with Gasteiger partial charge in [-0.05, 0) is 83.5 Å². The number of amides is 1. The fraction of sp³-hybridized carbons (Fsp3) is 0.587. The predicted octanol–water partition coefficient (Wildman–Crippen LogP) is 12.5. The Kier molecular flexibility index (Phi) is 38.1. The number of allylic oxidation sites excluding steroid dienone is 18. The standard InChI is InChI=1S/C46H75NO3/c1-3-5-7-9-11-12-13-14-15-16-17-18-19-20-21-22-23-24-25-26-27-28-29-30-31-32-33-34-36-38-40-42-46(50)47-44(43-48)45(49)41-39-37-35-10-8-6-4-2/h5,7,11-12,14-15,17-18,20-21,23-24,26-27,29-30,32-33,44-45,48-49H,3-4,6,8-10,13,16,19,22,25,28,31,34-43H2,1-2H3,(H,47,50)/b7-5-,12-11-,15-14-,18-17-,21-20-,24-23-,27-26-,30-29-,33-32-. The first-order valence-electron chi connectivity index (χ1n) is 20.1. The van der Waals surface area contributed by atoms with Gasteiger partial charge in [0.25, 0.3) is 0 Å². The molecular weight excluding hydrogens is 615 g/mol. The lowest BCUT2D eigenvalue weighted by Crippen LogP contribution is -2.45. The van der Waals surface area contributed by atoms with Crippen LogP contribution >= 0.6 is 0 Å². The Morgan fingerprint density at radius 2 is 0.880 bits per heavy atom. The maximum absolute atomic E-state index is 12.3. The first-order chi connectivity index (χ1) is 24.7. The summed E-state index contributed by atoms with van der Waals surface area (Å²) >= 11 is 0.